The maximum atomic E-state index is 13.7. The smallest absolute Gasteiger partial charge is 0.307 e. The molecule has 2 unspecified atom stereocenters. The summed E-state index contributed by atoms with van der Waals surface area (Å²) in [6.45, 7) is 3.96. The predicted molar refractivity (Wildman–Crippen MR) is 68.1 cm³/mol. The molecular weight excluding hydrogens is 304 g/mol. The van der Waals surface area contributed by atoms with E-state index in [4.69, 9.17) is 5.11 Å². The second-order valence-corrected chi connectivity index (χ2v) is 6.12. The van der Waals surface area contributed by atoms with Crippen molar-refractivity contribution in [1.29, 1.82) is 0 Å². The van der Waals surface area contributed by atoms with Crippen LogP contribution in [0.4, 0.5) is 17.6 Å². The molecule has 3 nitrogen and oxygen atoms in total. The second kappa shape index (κ2) is 5.07. The number of carboxylic acid groups (broad SMARTS) is 1. The van der Waals surface area contributed by atoms with Gasteiger partial charge in [-0.1, -0.05) is 13.8 Å². The van der Waals surface area contributed by atoms with Crippen molar-refractivity contribution in [3.8, 4) is 0 Å². The minimum Gasteiger partial charge on any atom is -0.481 e. The fraction of sp³-hybridized carbons (Fsp3) is 0.467. The van der Waals surface area contributed by atoms with Crippen LogP contribution in [-0.4, -0.2) is 16.9 Å². The van der Waals surface area contributed by atoms with Crippen LogP contribution in [0, 0.1) is 47.4 Å². The molecule has 0 heterocycles. The third-order valence-corrected chi connectivity index (χ3v) is 4.37. The lowest BCUT2D eigenvalue weighted by Gasteiger charge is -2.09. The van der Waals surface area contributed by atoms with Crippen LogP contribution in [0.2, 0.25) is 0 Å². The van der Waals surface area contributed by atoms with Crippen molar-refractivity contribution in [1.82, 2.24) is 0 Å². The van der Waals surface area contributed by atoms with Gasteiger partial charge in [0.1, 0.15) is 5.78 Å². The molecule has 0 aromatic heterocycles. The lowest BCUT2D eigenvalue weighted by Crippen LogP contribution is -2.15. The molecule has 1 aromatic rings. The van der Waals surface area contributed by atoms with E-state index in [2.05, 4.69) is 0 Å². The lowest BCUT2D eigenvalue weighted by atomic mass is 9.99. The topological polar surface area (TPSA) is 54.4 Å². The molecule has 0 saturated heterocycles. The van der Waals surface area contributed by atoms with Crippen LogP contribution in [0.1, 0.15) is 25.0 Å². The molecule has 0 aliphatic heterocycles. The molecule has 0 bridgehead atoms. The minimum absolute atomic E-state index is 0.752. The molecule has 0 amide bonds. The van der Waals surface area contributed by atoms with E-state index in [-0.39, 0.29) is 0 Å². The monoisotopic (exact) mass is 318 g/mol. The first-order valence-corrected chi connectivity index (χ1v) is 6.58. The molecule has 0 radical (unpaired) electrons. The van der Waals surface area contributed by atoms with E-state index in [9.17, 15) is 27.2 Å². The van der Waals surface area contributed by atoms with Gasteiger partial charge in [-0.25, -0.2) is 17.6 Å². The summed E-state index contributed by atoms with van der Waals surface area (Å²) in [6.07, 6.45) is -0.885. The molecule has 2 rings (SSSR count). The number of benzene rings is 1. The van der Waals surface area contributed by atoms with Gasteiger partial charge in [0.15, 0.2) is 23.3 Å². The van der Waals surface area contributed by atoms with Crippen LogP contribution in [0.25, 0.3) is 0 Å². The van der Waals surface area contributed by atoms with Crippen molar-refractivity contribution in [3.05, 3.63) is 34.4 Å². The van der Waals surface area contributed by atoms with Crippen LogP contribution in [0.5, 0.6) is 0 Å². The van der Waals surface area contributed by atoms with Crippen molar-refractivity contribution in [2.45, 2.75) is 27.2 Å². The Bertz CT molecular complexity index is 653. The van der Waals surface area contributed by atoms with Gasteiger partial charge in [0.25, 0.3) is 0 Å². The molecule has 1 saturated carbocycles. The quantitative estimate of drug-likeness (QED) is 0.686. The van der Waals surface area contributed by atoms with E-state index in [0.717, 1.165) is 6.92 Å². The second-order valence-electron chi connectivity index (χ2n) is 6.12. The van der Waals surface area contributed by atoms with E-state index < -0.39 is 69.8 Å². The highest BCUT2D eigenvalue weighted by Crippen LogP contribution is 2.59. The van der Waals surface area contributed by atoms with E-state index in [1.165, 1.54) is 13.8 Å². The third-order valence-electron chi connectivity index (χ3n) is 4.37. The highest BCUT2D eigenvalue weighted by Gasteiger charge is 2.65. The van der Waals surface area contributed by atoms with Crippen molar-refractivity contribution < 1.29 is 32.3 Å². The zero-order valence-electron chi connectivity index (χ0n) is 12.1. The third kappa shape index (κ3) is 2.28. The van der Waals surface area contributed by atoms with Gasteiger partial charge in [-0.15, -0.1) is 0 Å². The van der Waals surface area contributed by atoms with Gasteiger partial charge in [0.2, 0.25) is 0 Å². The summed E-state index contributed by atoms with van der Waals surface area (Å²) in [5.41, 5.74) is -2.66. The highest BCUT2D eigenvalue weighted by atomic mass is 19.2. The zero-order chi connectivity index (χ0) is 17.0. The summed E-state index contributed by atoms with van der Waals surface area (Å²) in [7, 11) is 0. The van der Waals surface area contributed by atoms with E-state index in [1.54, 1.807) is 0 Å². The van der Waals surface area contributed by atoms with Crippen molar-refractivity contribution in [2.24, 2.45) is 17.3 Å². The van der Waals surface area contributed by atoms with Gasteiger partial charge < -0.3 is 5.11 Å². The van der Waals surface area contributed by atoms with Crippen LogP contribution >= 0.6 is 0 Å². The summed E-state index contributed by atoms with van der Waals surface area (Å²) in [6, 6.07) is 0. The van der Waals surface area contributed by atoms with Gasteiger partial charge in [-0.2, -0.15) is 0 Å². The fourth-order valence-electron chi connectivity index (χ4n) is 2.93. The molecule has 1 N–H and O–H groups in total. The molecule has 120 valence electrons. The average Bonchev–Trinajstić information content (AvgIpc) is 3.02. The average molecular weight is 318 g/mol. The Hall–Kier alpha value is -1.92. The first kappa shape index (κ1) is 16.5. The summed E-state index contributed by atoms with van der Waals surface area (Å²) in [5, 5.41) is 8.99. The lowest BCUT2D eigenvalue weighted by molar-refractivity contribution is -0.140. The van der Waals surface area contributed by atoms with Gasteiger partial charge in [-0.3, -0.25) is 9.59 Å². The summed E-state index contributed by atoms with van der Waals surface area (Å²) < 4.78 is 54.4. The first-order valence-electron chi connectivity index (χ1n) is 6.58. The van der Waals surface area contributed by atoms with Crippen LogP contribution in [-0.2, 0) is 16.0 Å². The summed E-state index contributed by atoms with van der Waals surface area (Å²) >= 11 is 0. The molecule has 7 heteroatoms. The number of halogens is 4. The molecule has 1 fully saturated rings. The number of Topliss-reactive ketones (excluding diaryl/α,β-unsaturated/α-hetero) is 1. The van der Waals surface area contributed by atoms with Gasteiger partial charge in [0, 0.05) is 23.5 Å². The molecule has 22 heavy (non-hydrogen) atoms. The Kier molecular flexibility index (Phi) is 3.79. The number of hydrogen-bond acceptors (Lipinski definition) is 2. The predicted octanol–water partition coefficient (Wildman–Crippen LogP) is 3.02. The molecular formula is C15H14F4O3. The Morgan fingerprint density at radius 3 is 1.82 bits per heavy atom. The fourth-order valence-corrected chi connectivity index (χ4v) is 2.93. The Morgan fingerprint density at radius 2 is 1.45 bits per heavy atom. The number of carboxylic acids is 1. The molecule has 1 aromatic carbocycles. The van der Waals surface area contributed by atoms with Crippen LogP contribution < -0.4 is 0 Å². The van der Waals surface area contributed by atoms with Crippen LogP contribution in [0.3, 0.4) is 0 Å². The number of aliphatic carboxylic acids is 1. The SMILES string of the molecule is Cc1c(F)c(F)c(CC(=O)C2C(C(=O)O)C2(C)C)c(F)c1F. The molecule has 1 aliphatic carbocycles. The van der Waals surface area contributed by atoms with E-state index >= 15 is 0 Å². The van der Waals surface area contributed by atoms with Gasteiger partial charge in [0.05, 0.1) is 5.92 Å². The Balaban J connectivity index is 2.34. The van der Waals surface area contributed by atoms with Gasteiger partial charge in [-0.05, 0) is 12.3 Å². The maximum Gasteiger partial charge on any atom is 0.307 e. The Labute approximate surface area is 123 Å². The maximum absolute atomic E-state index is 13.7. The molecule has 1 aliphatic rings. The van der Waals surface area contributed by atoms with E-state index in [0.29, 0.717) is 0 Å². The highest BCUT2D eigenvalue weighted by molar-refractivity contribution is 5.94. The minimum atomic E-state index is -1.62. The van der Waals surface area contributed by atoms with Crippen molar-refractivity contribution in [2.75, 3.05) is 0 Å². The first-order chi connectivity index (χ1) is 10.0. The van der Waals surface area contributed by atoms with Crippen molar-refractivity contribution >= 4 is 11.8 Å². The number of carbonyl (C=O) groups excluding carboxylic acids is 1. The largest absolute Gasteiger partial charge is 0.481 e. The molecule has 2 atom stereocenters. The van der Waals surface area contributed by atoms with E-state index in [1.807, 2.05) is 0 Å². The standard InChI is InChI=1S/C15H14F4O3/c1-5-10(16)12(18)6(13(19)11(5)17)4-7(20)8-9(14(21)22)15(8,2)3/h8-9H,4H2,1-3H3,(H,21,22). The zero-order valence-corrected chi connectivity index (χ0v) is 12.1. The normalized spacial score (nSPS) is 22.5. The summed E-state index contributed by atoms with van der Waals surface area (Å²) in [4.78, 5) is 23.1. The Morgan fingerprint density at radius 1 is 1.00 bits per heavy atom. The van der Waals surface area contributed by atoms with Gasteiger partial charge >= 0.3 is 5.97 Å². The van der Waals surface area contributed by atoms with Crippen LogP contribution in [0.15, 0.2) is 0 Å². The number of rotatable bonds is 4. The number of ketones is 1. The summed E-state index contributed by atoms with van der Waals surface area (Å²) in [5.74, 6) is -10.2. The number of hydrogen-bond donors (Lipinski definition) is 1. The van der Waals surface area contributed by atoms with Crippen molar-refractivity contribution in [3.63, 3.8) is 0 Å². The number of carbonyl (C=O) groups is 2. The molecule has 0 spiro atoms.